The highest BCUT2D eigenvalue weighted by Crippen LogP contribution is 2.63. The number of anilines is 2. The zero-order valence-corrected chi connectivity index (χ0v) is 34.2. The SMILES string of the molecule is NC(NC(NCn1c2ccccc2c2c3c(c4ccccc4c21)C1c2ccccc2N(c2ccccc2)C1c1ccccc1-3)c1ccccc1)c1ccc(-c2ccccc2)cc1. The summed E-state index contributed by atoms with van der Waals surface area (Å²) in [6.45, 7) is 0.553. The second-order valence-electron chi connectivity index (χ2n) is 16.6. The lowest BCUT2D eigenvalue weighted by atomic mass is 9.71. The van der Waals surface area contributed by atoms with Gasteiger partial charge in [-0.05, 0) is 79.7 Å². The fourth-order valence-corrected chi connectivity index (χ4v) is 10.6. The smallest absolute Gasteiger partial charge is 0.0863 e. The molecule has 5 nitrogen and oxygen atoms in total. The van der Waals surface area contributed by atoms with Gasteiger partial charge in [-0.1, -0.05) is 188 Å². The molecule has 0 fully saturated rings. The Morgan fingerprint density at radius 2 is 1.11 bits per heavy atom. The molecule has 4 N–H and O–H groups in total. The number of aromatic nitrogens is 1. The molecule has 0 amide bonds. The Bertz CT molecular complexity index is 3250. The molecule has 0 radical (unpaired) electrons. The fraction of sp³-hybridized carbons (Fsp3) is 0.0877. The number of benzene rings is 9. The fourth-order valence-electron chi connectivity index (χ4n) is 10.6. The van der Waals surface area contributed by atoms with Crippen molar-refractivity contribution in [2.75, 3.05) is 4.90 Å². The average molecular weight is 800 g/mol. The van der Waals surface area contributed by atoms with Crippen molar-refractivity contribution in [2.45, 2.75) is 31.0 Å². The van der Waals surface area contributed by atoms with Gasteiger partial charge in [0.25, 0.3) is 0 Å². The molecule has 5 heteroatoms. The standard InChI is InChI=1S/C57H45N5/c58-56(39-34-32-38(33-35-39)37-18-4-1-5-19-37)60-57(40-20-6-2-7-21-40)59-36-61-48-30-16-14-28-46(48)52-50-43-25-11-13-27-45(43)55-53(51(50)42-24-10-12-26-44(42)54(52)61)47-29-15-17-31-49(47)62(55)41-22-8-3-9-23-41/h1-35,53,55-57,59-60H,36,58H2. The molecule has 1 aromatic heterocycles. The van der Waals surface area contributed by atoms with Gasteiger partial charge in [-0.2, -0.15) is 0 Å². The molecule has 12 rings (SSSR count). The minimum Gasteiger partial charge on any atom is -0.333 e. The first kappa shape index (κ1) is 36.6. The number of nitrogens with two attached hydrogens (primary N) is 1. The molecule has 0 saturated heterocycles. The predicted molar refractivity (Wildman–Crippen MR) is 256 cm³/mol. The maximum atomic E-state index is 7.01. The molecule has 10 aromatic rings. The maximum Gasteiger partial charge on any atom is 0.0863 e. The van der Waals surface area contributed by atoms with Crippen LogP contribution in [-0.4, -0.2) is 4.57 Å². The maximum absolute atomic E-state index is 7.01. The van der Waals surface area contributed by atoms with E-state index in [0.29, 0.717) is 6.67 Å². The van der Waals surface area contributed by atoms with E-state index in [1.54, 1.807) is 0 Å². The van der Waals surface area contributed by atoms with E-state index in [-0.39, 0.29) is 18.1 Å². The van der Waals surface area contributed by atoms with E-state index in [2.05, 4.69) is 226 Å². The molecule has 1 aliphatic carbocycles. The molecule has 2 aliphatic rings. The molecule has 0 saturated carbocycles. The van der Waals surface area contributed by atoms with Gasteiger partial charge in [0.2, 0.25) is 0 Å². The molecule has 0 bridgehead atoms. The van der Waals surface area contributed by atoms with E-state index in [4.69, 9.17) is 5.73 Å². The zero-order valence-electron chi connectivity index (χ0n) is 34.2. The van der Waals surface area contributed by atoms with Crippen LogP contribution in [0.5, 0.6) is 0 Å². The molecule has 2 heterocycles. The van der Waals surface area contributed by atoms with Crippen LogP contribution in [0.1, 0.15) is 52.1 Å². The summed E-state index contributed by atoms with van der Waals surface area (Å²) in [5.41, 5.74) is 23.2. The summed E-state index contributed by atoms with van der Waals surface area (Å²) >= 11 is 0. The molecule has 4 unspecified atom stereocenters. The third-order valence-electron chi connectivity index (χ3n) is 13.3. The molecular weight excluding hydrogens is 755 g/mol. The first-order chi connectivity index (χ1) is 30.7. The van der Waals surface area contributed by atoms with E-state index >= 15 is 0 Å². The molecule has 62 heavy (non-hydrogen) atoms. The molecule has 0 spiro atoms. The van der Waals surface area contributed by atoms with Gasteiger partial charge in [-0.15, -0.1) is 0 Å². The average Bonchev–Trinajstić information content (AvgIpc) is 3.87. The first-order valence-electron chi connectivity index (χ1n) is 21.7. The van der Waals surface area contributed by atoms with Crippen molar-refractivity contribution in [3.8, 4) is 22.3 Å². The lowest BCUT2D eigenvalue weighted by Crippen LogP contribution is -2.40. The first-order valence-corrected chi connectivity index (χ1v) is 21.7. The Balaban J connectivity index is 1.01. The van der Waals surface area contributed by atoms with Crippen LogP contribution >= 0.6 is 0 Å². The highest BCUT2D eigenvalue weighted by Gasteiger charge is 2.47. The lowest BCUT2D eigenvalue weighted by Gasteiger charge is -2.38. The number of nitrogens with zero attached hydrogens (tertiary/aromatic N) is 2. The number of nitrogens with one attached hydrogen (secondary N) is 2. The van der Waals surface area contributed by atoms with E-state index in [1.807, 2.05) is 6.07 Å². The van der Waals surface area contributed by atoms with E-state index < -0.39 is 6.17 Å². The number of fused-ring (bicyclic) bond motifs is 15. The second-order valence-corrected chi connectivity index (χ2v) is 16.6. The van der Waals surface area contributed by atoms with Crippen LogP contribution in [0.15, 0.2) is 212 Å². The highest BCUT2D eigenvalue weighted by atomic mass is 15.2. The van der Waals surface area contributed by atoms with Gasteiger partial charge >= 0.3 is 0 Å². The Hall–Kier alpha value is -7.28. The normalized spacial score (nSPS) is 16.2. The van der Waals surface area contributed by atoms with Crippen molar-refractivity contribution in [1.29, 1.82) is 0 Å². The Morgan fingerprint density at radius 1 is 0.516 bits per heavy atom. The highest BCUT2D eigenvalue weighted by molar-refractivity contribution is 6.25. The van der Waals surface area contributed by atoms with Gasteiger partial charge in [-0.3, -0.25) is 10.6 Å². The topological polar surface area (TPSA) is 58.2 Å². The van der Waals surface area contributed by atoms with Crippen molar-refractivity contribution in [1.82, 2.24) is 15.2 Å². The molecule has 9 aromatic carbocycles. The summed E-state index contributed by atoms with van der Waals surface area (Å²) in [5.74, 6) is 0.126. The van der Waals surface area contributed by atoms with E-state index in [9.17, 15) is 0 Å². The molecule has 1 aliphatic heterocycles. The van der Waals surface area contributed by atoms with Crippen molar-refractivity contribution in [2.24, 2.45) is 5.73 Å². The van der Waals surface area contributed by atoms with Gasteiger partial charge in [0.1, 0.15) is 0 Å². The van der Waals surface area contributed by atoms with Crippen molar-refractivity contribution < 1.29 is 0 Å². The summed E-state index contributed by atoms with van der Waals surface area (Å²) in [4.78, 5) is 2.59. The van der Waals surface area contributed by atoms with Crippen LogP contribution < -0.4 is 21.3 Å². The third-order valence-corrected chi connectivity index (χ3v) is 13.3. The van der Waals surface area contributed by atoms with Crippen LogP contribution in [0.2, 0.25) is 0 Å². The molecule has 4 atom stereocenters. The Labute approximate surface area is 361 Å². The predicted octanol–water partition coefficient (Wildman–Crippen LogP) is 13.1. The van der Waals surface area contributed by atoms with Crippen LogP contribution in [0.4, 0.5) is 11.4 Å². The van der Waals surface area contributed by atoms with Gasteiger partial charge in [-0.25, -0.2) is 0 Å². The summed E-state index contributed by atoms with van der Waals surface area (Å²) in [7, 11) is 0. The quantitative estimate of drug-likeness (QED) is 0.127. The molecule has 298 valence electrons. The van der Waals surface area contributed by atoms with Gasteiger partial charge < -0.3 is 15.2 Å². The third kappa shape index (κ3) is 5.82. The minimum atomic E-state index is -0.405. The van der Waals surface area contributed by atoms with Crippen LogP contribution in [-0.2, 0) is 6.67 Å². The summed E-state index contributed by atoms with van der Waals surface area (Å²) in [5, 5.41) is 12.8. The van der Waals surface area contributed by atoms with E-state index in [1.165, 1.54) is 82.9 Å². The molecular formula is C57H45N5. The van der Waals surface area contributed by atoms with Crippen LogP contribution in [0.3, 0.4) is 0 Å². The van der Waals surface area contributed by atoms with Gasteiger partial charge in [0.05, 0.1) is 36.1 Å². The monoisotopic (exact) mass is 799 g/mol. The number of hydrogen-bond acceptors (Lipinski definition) is 4. The summed E-state index contributed by atoms with van der Waals surface area (Å²) in [6, 6.07) is 77.0. The van der Waals surface area contributed by atoms with Crippen molar-refractivity contribution >= 4 is 44.0 Å². The van der Waals surface area contributed by atoms with Crippen LogP contribution in [0.25, 0.3) is 54.8 Å². The second kappa shape index (κ2) is 15.0. The zero-order chi connectivity index (χ0) is 41.1. The number of rotatable bonds is 9. The van der Waals surface area contributed by atoms with Crippen molar-refractivity contribution in [3.63, 3.8) is 0 Å². The number of para-hydroxylation sites is 3. The van der Waals surface area contributed by atoms with Gasteiger partial charge in [0.15, 0.2) is 0 Å². The summed E-state index contributed by atoms with van der Waals surface area (Å²) in [6.07, 6.45) is -0.640. The number of hydrogen-bond donors (Lipinski definition) is 3. The summed E-state index contributed by atoms with van der Waals surface area (Å²) < 4.78 is 2.50. The van der Waals surface area contributed by atoms with Gasteiger partial charge in [0, 0.05) is 33.5 Å². The Morgan fingerprint density at radius 3 is 1.89 bits per heavy atom. The largest absolute Gasteiger partial charge is 0.333 e. The Kier molecular flexibility index (Phi) is 8.85. The van der Waals surface area contributed by atoms with Crippen LogP contribution in [0, 0.1) is 0 Å². The van der Waals surface area contributed by atoms with E-state index in [0.717, 1.165) is 11.1 Å². The lowest BCUT2D eigenvalue weighted by molar-refractivity contribution is 0.363. The minimum absolute atomic E-state index is 0.103. The van der Waals surface area contributed by atoms with Crippen molar-refractivity contribution in [3.05, 3.63) is 240 Å².